The topological polar surface area (TPSA) is 87.3 Å². The van der Waals surface area contributed by atoms with Crippen LogP contribution < -0.4 is 16.0 Å². The molecular formula is C18H35N3O3. The zero-order valence-corrected chi connectivity index (χ0v) is 15.6. The van der Waals surface area contributed by atoms with Crippen molar-refractivity contribution in [3.8, 4) is 0 Å². The van der Waals surface area contributed by atoms with Crippen molar-refractivity contribution in [3.05, 3.63) is 0 Å². The number of carbonyl (C=O) groups is 3. The molecule has 0 aromatic rings. The molecule has 0 saturated heterocycles. The van der Waals surface area contributed by atoms with E-state index in [0.29, 0.717) is 19.6 Å². The van der Waals surface area contributed by atoms with Crippen molar-refractivity contribution in [2.75, 3.05) is 19.6 Å². The maximum atomic E-state index is 12.3. The first-order chi connectivity index (χ1) is 11.5. The minimum atomic E-state index is -0.606. The Morgan fingerprint density at radius 3 is 1.42 bits per heavy atom. The molecule has 3 N–H and O–H groups in total. The molecule has 6 heteroatoms. The summed E-state index contributed by atoms with van der Waals surface area (Å²) < 4.78 is 0. The van der Waals surface area contributed by atoms with Gasteiger partial charge in [-0.3, -0.25) is 14.4 Å². The standard InChI is InChI=1S/C18H35N3O3/c1-4-7-10-19-16(22)13-15(18(24)21-12-9-6-3)14-17(23)20-11-8-5-2/h15H,4-14H2,1-3H3,(H,19,22)(H,20,23)(H,21,24). The molecule has 0 aromatic heterocycles. The van der Waals surface area contributed by atoms with Crippen molar-refractivity contribution in [1.29, 1.82) is 0 Å². The molecule has 0 atom stereocenters. The predicted octanol–water partition coefficient (Wildman–Crippen LogP) is 2.13. The highest BCUT2D eigenvalue weighted by atomic mass is 16.2. The van der Waals surface area contributed by atoms with Crippen LogP contribution in [0, 0.1) is 5.92 Å². The number of hydrogen-bond donors (Lipinski definition) is 3. The van der Waals surface area contributed by atoms with E-state index < -0.39 is 5.92 Å². The van der Waals surface area contributed by atoms with E-state index in [2.05, 4.69) is 29.8 Å². The Kier molecular flexibility index (Phi) is 14.0. The lowest BCUT2D eigenvalue weighted by molar-refractivity contribution is -0.133. The van der Waals surface area contributed by atoms with Crippen molar-refractivity contribution >= 4 is 17.7 Å². The van der Waals surface area contributed by atoms with E-state index >= 15 is 0 Å². The van der Waals surface area contributed by atoms with Crippen LogP contribution in [-0.2, 0) is 14.4 Å². The van der Waals surface area contributed by atoms with E-state index in [4.69, 9.17) is 0 Å². The highest BCUT2D eigenvalue weighted by Crippen LogP contribution is 2.10. The highest BCUT2D eigenvalue weighted by Gasteiger charge is 2.24. The van der Waals surface area contributed by atoms with E-state index in [1.54, 1.807) is 0 Å². The number of unbranched alkanes of at least 4 members (excludes halogenated alkanes) is 3. The Morgan fingerprint density at radius 1 is 0.667 bits per heavy atom. The summed E-state index contributed by atoms with van der Waals surface area (Å²) in [5.41, 5.74) is 0. The summed E-state index contributed by atoms with van der Waals surface area (Å²) in [4.78, 5) is 36.2. The maximum Gasteiger partial charge on any atom is 0.224 e. The molecule has 3 amide bonds. The quantitative estimate of drug-likeness (QED) is 0.423. The summed E-state index contributed by atoms with van der Waals surface area (Å²) in [6, 6.07) is 0. The van der Waals surface area contributed by atoms with Gasteiger partial charge in [0.25, 0.3) is 0 Å². The largest absolute Gasteiger partial charge is 0.356 e. The molecule has 0 aromatic carbocycles. The van der Waals surface area contributed by atoms with Crippen LogP contribution in [0.5, 0.6) is 0 Å². The van der Waals surface area contributed by atoms with Gasteiger partial charge in [-0.25, -0.2) is 0 Å². The Labute approximate surface area is 146 Å². The lowest BCUT2D eigenvalue weighted by Crippen LogP contribution is -2.38. The van der Waals surface area contributed by atoms with Crippen LogP contribution in [0.4, 0.5) is 0 Å². The molecule has 0 radical (unpaired) electrons. The van der Waals surface area contributed by atoms with Gasteiger partial charge in [-0.15, -0.1) is 0 Å². The molecule has 0 fully saturated rings. The fourth-order valence-electron chi connectivity index (χ4n) is 2.19. The van der Waals surface area contributed by atoms with Crippen molar-refractivity contribution in [1.82, 2.24) is 16.0 Å². The number of carbonyl (C=O) groups excluding carboxylic acids is 3. The second-order valence-corrected chi connectivity index (χ2v) is 6.16. The van der Waals surface area contributed by atoms with E-state index in [1.807, 2.05) is 6.92 Å². The van der Waals surface area contributed by atoms with Crippen molar-refractivity contribution in [2.45, 2.75) is 72.1 Å². The Bertz CT molecular complexity index is 349. The van der Waals surface area contributed by atoms with Gasteiger partial charge in [0.05, 0.1) is 5.92 Å². The lowest BCUT2D eigenvalue weighted by atomic mass is 9.99. The van der Waals surface area contributed by atoms with Crippen LogP contribution in [0.2, 0.25) is 0 Å². The summed E-state index contributed by atoms with van der Waals surface area (Å²) in [5, 5.41) is 8.45. The minimum Gasteiger partial charge on any atom is -0.356 e. The van der Waals surface area contributed by atoms with Gasteiger partial charge < -0.3 is 16.0 Å². The molecule has 140 valence electrons. The van der Waals surface area contributed by atoms with Gasteiger partial charge >= 0.3 is 0 Å². The van der Waals surface area contributed by atoms with Crippen LogP contribution >= 0.6 is 0 Å². The van der Waals surface area contributed by atoms with Crippen molar-refractivity contribution < 1.29 is 14.4 Å². The maximum absolute atomic E-state index is 12.3. The fraction of sp³-hybridized carbons (Fsp3) is 0.833. The van der Waals surface area contributed by atoms with Crippen LogP contribution in [0.15, 0.2) is 0 Å². The van der Waals surface area contributed by atoms with Crippen molar-refractivity contribution in [2.24, 2.45) is 5.92 Å². The molecule has 0 aliphatic carbocycles. The van der Waals surface area contributed by atoms with Crippen LogP contribution in [-0.4, -0.2) is 37.4 Å². The third-order valence-electron chi connectivity index (χ3n) is 3.77. The SMILES string of the molecule is CCCCNC(=O)CC(CC(=O)NCCCC)C(=O)NCCCC. The minimum absolute atomic E-state index is 0.0584. The summed E-state index contributed by atoms with van der Waals surface area (Å²) in [7, 11) is 0. The molecule has 0 bridgehead atoms. The van der Waals surface area contributed by atoms with E-state index in [9.17, 15) is 14.4 Å². The third-order valence-corrected chi connectivity index (χ3v) is 3.77. The Morgan fingerprint density at radius 2 is 1.04 bits per heavy atom. The van der Waals surface area contributed by atoms with E-state index in [1.165, 1.54) is 0 Å². The molecule has 0 aliphatic heterocycles. The molecule has 6 nitrogen and oxygen atoms in total. The fourth-order valence-corrected chi connectivity index (χ4v) is 2.19. The zero-order valence-electron chi connectivity index (χ0n) is 15.6. The van der Waals surface area contributed by atoms with Crippen LogP contribution in [0.25, 0.3) is 0 Å². The third kappa shape index (κ3) is 11.9. The number of amides is 3. The molecule has 0 rings (SSSR count). The smallest absolute Gasteiger partial charge is 0.224 e. The average Bonchev–Trinajstić information content (AvgIpc) is 2.55. The second-order valence-electron chi connectivity index (χ2n) is 6.16. The van der Waals surface area contributed by atoms with Crippen LogP contribution in [0.3, 0.4) is 0 Å². The van der Waals surface area contributed by atoms with E-state index in [-0.39, 0.29) is 30.6 Å². The summed E-state index contributed by atoms with van der Waals surface area (Å²) >= 11 is 0. The van der Waals surface area contributed by atoms with Gasteiger partial charge in [-0.05, 0) is 19.3 Å². The number of rotatable bonds is 14. The molecule has 0 unspecified atom stereocenters. The number of nitrogens with one attached hydrogen (secondary N) is 3. The van der Waals surface area contributed by atoms with Gasteiger partial charge in [0.1, 0.15) is 0 Å². The van der Waals surface area contributed by atoms with Gasteiger partial charge in [0.15, 0.2) is 0 Å². The van der Waals surface area contributed by atoms with Crippen molar-refractivity contribution in [3.63, 3.8) is 0 Å². The first kappa shape index (κ1) is 22.4. The molecule has 0 heterocycles. The van der Waals surface area contributed by atoms with Gasteiger partial charge in [0.2, 0.25) is 17.7 Å². The molecular weight excluding hydrogens is 306 g/mol. The van der Waals surface area contributed by atoms with Crippen LogP contribution in [0.1, 0.15) is 72.1 Å². The molecule has 0 saturated carbocycles. The summed E-state index contributed by atoms with van der Waals surface area (Å²) in [6.45, 7) is 7.96. The van der Waals surface area contributed by atoms with Gasteiger partial charge in [0, 0.05) is 32.5 Å². The molecule has 24 heavy (non-hydrogen) atoms. The normalized spacial score (nSPS) is 10.5. The summed E-state index contributed by atoms with van der Waals surface area (Å²) in [6.07, 6.45) is 5.82. The van der Waals surface area contributed by atoms with Gasteiger partial charge in [-0.2, -0.15) is 0 Å². The first-order valence-electron chi connectivity index (χ1n) is 9.36. The molecule has 0 spiro atoms. The monoisotopic (exact) mass is 341 g/mol. The second kappa shape index (κ2) is 15.0. The predicted molar refractivity (Wildman–Crippen MR) is 96.5 cm³/mol. The zero-order chi connectivity index (χ0) is 18.2. The molecule has 0 aliphatic rings. The van der Waals surface area contributed by atoms with E-state index in [0.717, 1.165) is 38.5 Å². The first-order valence-corrected chi connectivity index (χ1v) is 9.36. The number of hydrogen-bond acceptors (Lipinski definition) is 3. The Balaban J connectivity index is 4.49. The van der Waals surface area contributed by atoms with Gasteiger partial charge in [-0.1, -0.05) is 40.0 Å². The highest BCUT2D eigenvalue weighted by molar-refractivity contribution is 5.89. The summed E-state index contributed by atoms with van der Waals surface area (Å²) in [5.74, 6) is -1.15. The Hall–Kier alpha value is -1.59. The average molecular weight is 341 g/mol. The lowest BCUT2D eigenvalue weighted by Gasteiger charge is -2.16.